The summed E-state index contributed by atoms with van der Waals surface area (Å²) >= 11 is 5.91. The van der Waals surface area contributed by atoms with E-state index >= 15 is 0 Å². The molecule has 0 bridgehead atoms. The van der Waals surface area contributed by atoms with Crippen LogP contribution in [0.3, 0.4) is 0 Å². The van der Waals surface area contributed by atoms with Gasteiger partial charge in [-0.25, -0.2) is 0 Å². The number of benzene rings is 1. The summed E-state index contributed by atoms with van der Waals surface area (Å²) in [4.78, 5) is 42.7. The summed E-state index contributed by atoms with van der Waals surface area (Å²) in [6, 6.07) is 10.4. The average molecular weight is 432 g/mol. The Morgan fingerprint density at radius 3 is 2.47 bits per heavy atom. The maximum absolute atomic E-state index is 12.9. The lowest BCUT2D eigenvalue weighted by molar-refractivity contribution is -0.142. The van der Waals surface area contributed by atoms with Gasteiger partial charge in [-0.1, -0.05) is 32.4 Å². The molecule has 0 atom stereocenters. The van der Waals surface area contributed by atoms with Gasteiger partial charge in [-0.15, -0.1) is 0 Å². The van der Waals surface area contributed by atoms with Crippen LogP contribution >= 0.6 is 11.6 Å². The standard InChI is InChI=1S/C22H26ClN3O4/c1-22(2,3)11-19(27)24(12-18-5-4-10-30-18)13-20(28)25-14-21(29)26(15-25)17-8-6-16(23)7-9-17/h4-10H,11-15H2,1-3H3. The van der Waals surface area contributed by atoms with Crippen molar-refractivity contribution in [3.05, 3.63) is 53.4 Å². The van der Waals surface area contributed by atoms with Crippen molar-refractivity contribution < 1.29 is 18.8 Å². The number of anilines is 1. The van der Waals surface area contributed by atoms with Crippen molar-refractivity contribution >= 4 is 35.0 Å². The van der Waals surface area contributed by atoms with Crippen LogP contribution in [0.2, 0.25) is 5.02 Å². The molecule has 160 valence electrons. The summed E-state index contributed by atoms with van der Waals surface area (Å²) in [5.74, 6) is 0.00980. The quantitative estimate of drug-likeness (QED) is 0.701. The van der Waals surface area contributed by atoms with Gasteiger partial charge in [-0.3, -0.25) is 19.3 Å². The van der Waals surface area contributed by atoms with Gasteiger partial charge in [0.25, 0.3) is 0 Å². The van der Waals surface area contributed by atoms with Crippen molar-refractivity contribution in [1.29, 1.82) is 0 Å². The number of rotatable bonds is 6. The zero-order valence-corrected chi connectivity index (χ0v) is 18.2. The van der Waals surface area contributed by atoms with E-state index in [4.69, 9.17) is 16.0 Å². The molecule has 2 aromatic rings. The van der Waals surface area contributed by atoms with E-state index in [9.17, 15) is 14.4 Å². The van der Waals surface area contributed by atoms with E-state index < -0.39 is 0 Å². The molecule has 0 saturated carbocycles. The summed E-state index contributed by atoms with van der Waals surface area (Å²) in [6.45, 7) is 6.13. The predicted molar refractivity (Wildman–Crippen MR) is 114 cm³/mol. The third-order valence-electron chi connectivity index (χ3n) is 4.72. The molecule has 3 amide bonds. The molecule has 0 radical (unpaired) electrons. The van der Waals surface area contributed by atoms with Crippen LogP contribution in [0.15, 0.2) is 47.1 Å². The number of nitrogens with zero attached hydrogens (tertiary/aromatic N) is 3. The van der Waals surface area contributed by atoms with E-state index in [0.717, 1.165) is 0 Å². The van der Waals surface area contributed by atoms with Gasteiger partial charge in [0, 0.05) is 17.1 Å². The molecule has 1 aromatic carbocycles. The SMILES string of the molecule is CC(C)(C)CC(=O)N(CC(=O)N1CC(=O)N(c2ccc(Cl)cc2)C1)Cc1ccco1. The molecular formula is C22H26ClN3O4. The number of amides is 3. The fourth-order valence-electron chi connectivity index (χ4n) is 3.21. The molecule has 0 spiro atoms. The third kappa shape index (κ3) is 5.63. The number of hydrogen-bond donors (Lipinski definition) is 0. The summed E-state index contributed by atoms with van der Waals surface area (Å²) in [5.41, 5.74) is 0.465. The minimum atomic E-state index is -0.284. The normalized spacial score (nSPS) is 14.3. The van der Waals surface area contributed by atoms with Crippen molar-refractivity contribution in [3.8, 4) is 0 Å². The highest BCUT2D eigenvalue weighted by Crippen LogP contribution is 2.23. The van der Waals surface area contributed by atoms with Crippen molar-refractivity contribution in [3.63, 3.8) is 0 Å². The molecule has 1 aliphatic heterocycles. The highest BCUT2D eigenvalue weighted by molar-refractivity contribution is 6.30. The molecule has 1 aliphatic rings. The first-order chi connectivity index (χ1) is 14.1. The van der Waals surface area contributed by atoms with Gasteiger partial charge in [0.2, 0.25) is 17.7 Å². The number of halogens is 1. The molecule has 0 unspecified atom stereocenters. The molecule has 0 aliphatic carbocycles. The minimum Gasteiger partial charge on any atom is -0.467 e. The molecule has 7 nitrogen and oxygen atoms in total. The fourth-order valence-corrected chi connectivity index (χ4v) is 3.34. The first-order valence-electron chi connectivity index (χ1n) is 9.76. The summed E-state index contributed by atoms with van der Waals surface area (Å²) in [6.07, 6.45) is 1.84. The van der Waals surface area contributed by atoms with Gasteiger partial charge in [0.1, 0.15) is 25.5 Å². The van der Waals surface area contributed by atoms with Gasteiger partial charge < -0.3 is 14.2 Å². The Labute approximate surface area is 181 Å². The van der Waals surface area contributed by atoms with E-state index in [0.29, 0.717) is 22.9 Å². The van der Waals surface area contributed by atoms with Crippen LogP contribution < -0.4 is 4.90 Å². The van der Waals surface area contributed by atoms with Crippen LogP contribution in [0.25, 0.3) is 0 Å². The van der Waals surface area contributed by atoms with Crippen molar-refractivity contribution in [1.82, 2.24) is 9.80 Å². The highest BCUT2D eigenvalue weighted by Gasteiger charge is 2.33. The minimum absolute atomic E-state index is 0.0243. The maximum atomic E-state index is 12.9. The predicted octanol–water partition coefficient (Wildman–Crippen LogP) is 3.53. The molecule has 8 heteroatoms. The number of carbonyl (C=O) groups excluding carboxylic acids is 3. The van der Waals surface area contributed by atoms with Gasteiger partial charge in [0.15, 0.2) is 0 Å². The fraction of sp³-hybridized carbons (Fsp3) is 0.409. The molecule has 1 fully saturated rings. The van der Waals surface area contributed by atoms with Crippen molar-refractivity contribution in [2.75, 3.05) is 24.7 Å². The number of carbonyl (C=O) groups is 3. The first kappa shape index (κ1) is 21.9. The second kappa shape index (κ2) is 8.92. The lowest BCUT2D eigenvalue weighted by Gasteiger charge is -2.27. The first-order valence-corrected chi connectivity index (χ1v) is 10.1. The maximum Gasteiger partial charge on any atom is 0.248 e. The van der Waals surface area contributed by atoms with E-state index in [2.05, 4.69) is 0 Å². The third-order valence-corrected chi connectivity index (χ3v) is 4.97. The molecular weight excluding hydrogens is 406 g/mol. The average Bonchev–Trinajstić information content (AvgIpc) is 3.30. The second-order valence-electron chi connectivity index (χ2n) is 8.60. The lowest BCUT2D eigenvalue weighted by Crippen LogP contribution is -2.43. The molecule has 30 heavy (non-hydrogen) atoms. The Hall–Kier alpha value is -2.80. The monoisotopic (exact) mass is 431 g/mol. The van der Waals surface area contributed by atoms with Gasteiger partial charge in [0.05, 0.1) is 12.8 Å². The topological polar surface area (TPSA) is 74.1 Å². The van der Waals surface area contributed by atoms with E-state index in [1.165, 1.54) is 21.0 Å². The summed E-state index contributed by atoms with van der Waals surface area (Å²) in [5, 5.41) is 0.573. The van der Waals surface area contributed by atoms with Crippen molar-refractivity contribution in [2.45, 2.75) is 33.7 Å². The Balaban J connectivity index is 1.69. The lowest BCUT2D eigenvalue weighted by atomic mass is 9.91. The van der Waals surface area contributed by atoms with Crippen LogP contribution in [0.4, 0.5) is 5.69 Å². The van der Waals surface area contributed by atoms with Gasteiger partial charge >= 0.3 is 0 Å². The Bertz CT molecular complexity index is 903. The second-order valence-corrected chi connectivity index (χ2v) is 9.03. The van der Waals surface area contributed by atoms with E-state index in [1.807, 2.05) is 20.8 Å². The Morgan fingerprint density at radius 1 is 1.17 bits per heavy atom. The molecule has 2 heterocycles. The largest absolute Gasteiger partial charge is 0.467 e. The highest BCUT2D eigenvalue weighted by atomic mass is 35.5. The molecule has 1 aromatic heterocycles. The Kier molecular flexibility index (Phi) is 6.51. The van der Waals surface area contributed by atoms with Crippen LogP contribution in [-0.4, -0.2) is 47.3 Å². The van der Waals surface area contributed by atoms with E-state index in [1.54, 1.807) is 36.4 Å². The number of hydrogen-bond acceptors (Lipinski definition) is 4. The Morgan fingerprint density at radius 2 is 1.87 bits per heavy atom. The molecule has 3 rings (SSSR count). The van der Waals surface area contributed by atoms with Crippen LogP contribution in [0.5, 0.6) is 0 Å². The van der Waals surface area contributed by atoms with E-state index in [-0.39, 0.29) is 49.4 Å². The van der Waals surface area contributed by atoms with Crippen molar-refractivity contribution in [2.24, 2.45) is 5.41 Å². The summed E-state index contributed by atoms with van der Waals surface area (Å²) in [7, 11) is 0. The summed E-state index contributed by atoms with van der Waals surface area (Å²) < 4.78 is 5.36. The van der Waals surface area contributed by atoms with Crippen LogP contribution in [0.1, 0.15) is 33.0 Å². The van der Waals surface area contributed by atoms with Crippen LogP contribution in [-0.2, 0) is 20.9 Å². The zero-order valence-electron chi connectivity index (χ0n) is 17.4. The molecule has 0 N–H and O–H groups in total. The van der Waals surface area contributed by atoms with Gasteiger partial charge in [-0.05, 0) is 41.8 Å². The molecule has 1 saturated heterocycles. The smallest absolute Gasteiger partial charge is 0.248 e. The number of furan rings is 1. The van der Waals surface area contributed by atoms with Crippen LogP contribution in [0, 0.1) is 5.41 Å². The van der Waals surface area contributed by atoms with Gasteiger partial charge in [-0.2, -0.15) is 0 Å². The zero-order chi connectivity index (χ0) is 21.9.